The van der Waals surface area contributed by atoms with Crippen LogP contribution in [0.1, 0.15) is 20.7 Å². The highest BCUT2D eigenvalue weighted by atomic mass is 79.9. The van der Waals surface area contributed by atoms with Crippen LogP contribution in [0.15, 0.2) is 33.5 Å². The third-order valence-corrected chi connectivity index (χ3v) is 4.35. The van der Waals surface area contributed by atoms with E-state index < -0.39 is 17.9 Å². The molecule has 0 fully saturated rings. The number of methoxy groups -OCH3 is 2. The van der Waals surface area contributed by atoms with E-state index in [9.17, 15) is 14.0 Å². The van der Waals surface area contributed by atoms with Crippen LogP contribution in [-0.2, 0) is 9.47 Å². The van der Waals surface area contributed by atoms with Gasteiger partial charge in [-0.15, -0.1) is 0 Å². The number of carbonyl (C=O) groups is 2. The van der Waals surface area contributed by atoms with Crippen LogP contribution >= 0.6 is 31.9 Å². The number of nitrogens with zero attached hydrogens (tertiary/aromatic N) is 3. The number of pyridine rings is 2. The van der Waals surface area contributed by atoms with E-state index >= 15 is 0 Å². The summed E-state index contributed by atoms with van der Waals surface area (Å²) in [6.07, 6.45) is 2.55. The van der Waals surface area contributed by atoms with Gasteiger partial charge < -0.3 is 19.1 Å². The molecule has 8 nitrogen and oxygen atoms in total. The summed E-state index contributed by atoms with van der Waals surface area (Å²) < 4.78 is 27.8. The number of halogens is 3. The zero-order chi connectivity index (χ0) is 22.0. The molecule has 0 aliphatic heterocycles. The summed E-state index contributed by atoms with van der Waals surface area (Å²) in [5, 5.41) is 0. The predicted octanol–water partition coefficient (Wildman–Crippen LogP) is 3.34. The number of likely N-dealkylation sites (N-methyl/N-ethyl adjacent to an activating group) is 1. The molecule has 11 heteroatoms. The van der Waals surface area contributed by atoms with Crippen molar-refractivity contribution in [3.63, 3.8) is 0 Å². The van der Waals surface area contributed by atoms with Gasteiger partial charge in [0.25, 0.3) is 0 Å². The van der Waals surface area contributed by atoms with Crippen LogP contribution in [0.3, 0.4) is 0 Å². The van der Waals surface area contributed by atoms with Crippen molar-refractivity contribution in [3.05, 3.63) is 50.5 Å². The minimum atomic E-state index is -0.650. The molecule has 0 atom stereocenters. The van der Waals surface area contributed by atoms with E-state index in [1.165, 1.54) is 26.5 Å². The molecule has 0 spiro atoms. The van der Waals surface area contributed by atoms with Crippen molar-refractivity contribution in [1.29, 1.82) is 0 Å². The van der Waals surface area contributed by atoms with E-state index in [0.717, 1.165) is 12.7 Å². The Bertz CT molecular complexity index is 852. The highest BCUT2D eigenvalue weighted by molar-refractivity contribution is 9.10. The summed E-state index contributed by atoms with van der Waals surface area (Å²) in [6, 6.07) is 2.94. The zero-order valence-electron chi connectivity index (χ0n) is 16.2. The Balaban J connectivity index is 0.000000308. The predicted molar refractivity (Wildman–Crippen MR) is 111 cm³/mol. The van der Waals surface area contributed by atoms with Gasteiger partial charge in [0.2, 0.25) is 11.8 Å². The second-order valence-electron chi connectivity index (χ2n) is 5.64. The number of hydrogen-bond donors (Lipinski definition) is 0. The molecule has 0 saturated heterocycles. The summed E-state index contributed by atoms with van der Waals surface area (Å²) in [5.74, 6) is -1.14. The number of carbonyl (C=O) groups excluding carboxylic acids is 2. The van der Waals surface area contributed by atoms with Crippen molar-refractivity contribution in [1.82, 2.24) is 14.9 Å². The standard InChI is InChI=1S/C11H15BrN2O3.C7H5BrFNO2/c1-14(2)4-5-17-10-9(12)6-8(7-13-10)11(15)16-3;1-12-7(11)4-2-5(8)6(9)10-3-4/h6-7H,4-5H2,1-3H3;2-3H,1H3. The largest absolute Gasteiger partial charge is 0.476 e. The molecule has 0 amide bonds. The maximum atomic E-state index is 12.6. The fourth-order valence-corrected chi connectivity index (χ4v) is 2.55. The molecule has 0 aliphatic rings. The molecular formula is C18H20Br2FN3O5. The van der Waals surface area contributed by atoms with Gasteiger partial charge in [-0.3, -0.25) is 0 Å². The highest BCUT2D eigenvalue weighted by Gasteiger charge is 2.10. The van der Waals surface area contributed by atoms with Crippen molar-refractivity contribution in [3.8, 4) is 5.88 Å². The Morgan fingerprint density at radius 1 is 1.00 bits per heavy atom. The molecule has 29 heavy (non-hydrogen) atoms. The lowest BCUT2D eigenvalue weighted by Crippen LogP contribution is -2.19. The second-order valence-corrected chi connectivity index (χ2v) is 7.35. The first-order valence-electron chi connectivity index (χ1n) is 8.10. The third-order valence-electron chi connectivity index (χ3n) is 3.22. The minimum absolute atomic E-state index is 0.144. The average molecular weight is 537 g/mol. The van der Waals surface area contributed by atoms with E-state index in [1.807, 2.05) is 19.0 Å². The molecule has 0 bridgehead atoms. The van der Waals surface area contributed by atoms with Crippen LogP contribution < -0.4 is 4.74 Å². The zero-order valence-corrected chi connectivity index (χ0v) is 19.4. The number of aromatic nitrogens is 2. The van der Waals surface area contributed by atoms with Gasteiger partial charge in [-0.2, -0.15) is 4.39 Å². The first kappa shape index (κ1) is 24.9. The van der Waals surface area contributed by atoms with Crippen LogP contribution in [0.2, 0.25) is 0 Å². The summed E-state index contributed by atoms with van der Waals surface area (Å²) in [6.45, 7) is 1.34. The fraction of sp³-hybridized carbons (Fsp3) is 0.333. The molecule has 2 heterocycles. The maximum Gasteiger partial charge on any atom is 0.339 e. The molecule has 0 N–H and O–H groups in total. The Morgan fingerprint density at radius 2 is 1.52 bits per heavy atom. The Morgan fingerprint density at radius 3 is 1.97 bits per heavy atom. The summed E-state index contributed by atoms with van der Waals surface area (Å²) in [4.78, 5) is 31.5. The molecular weight excluding hydrogens is 517 g/mol. The molecule has 158 valence electrons. The van der Waals surface area contributed by atoms with E-state index in [0.29, 0.717) is 22.5 Å². The normalized spacial score (nSPS) is 10.1. The molecule has 0 saturated carbocycles. The Kier molecular flexibility index (Phi) is 10.7. The molecule has 0 unspecified atom stereocenters. The van der Waals surface area contributed by atoms with Crippen LogP contribution in [0.25, 0.3) is 0 Å². The van der Waals surface area contributed by atoms with Crippen molar-refractivity contribution in [2.24, 2.45) is 0 Å². The van der Waals surface area contributed by atoms with E-state index in [1.54, 1.807) is 6.07 Å². The quantitative estimate of drug-likeness (QED) is 0.410. The van der Waals surface area contributed by atoms with Gasteiger partial charge in [0.05, 0.1) is 34.3 Å². The summed E-state index contributed by atoms with van der Waals surface area (Å²) in [5.41, 5.74) is 0.602. The summed E-state index contributed by atoms with van der Waals surface area (Å²) >= 11 is 6.20. The topological polar surface area (TPSA) is 90.9 Å². The molecule has 2 aromatic heterocycles. The molecule has 0 aliphatic carbocycles. The van der Waals surface area contributed by atoms with Gasteiger partial charge in [0, 0.05) is 18.9 Å². The van der Waals surface area contributed by atoms with Crippen LogP contribution in [-0.4, -0.2) is 68.3 Å². The lowest BCUT2D eigenvalue weighted by molar-refractivity contribution is 0.0591. The van der Waals surface area contributed by atoms with Crippen molar-refractivity contribution in [2.75, 3.05) is 41.5 Å². The third kappa shape index (κ3) is 8.42. The van der Waals surface area contributed by atoms with Crippen LogP contribution in [0, 0.1) is 5.95 Å². The molecule has 2 rings (SSSR count). The van der Waals surface area contributed by atoms with E-state index in [4.69, 9.17) is 4.74 Å². The SMILES string of the molecule is COC(=O)c1cnc(F)c(Br)c1.COC(=O)c1cnc(OCCN(C)C)c(Br)c1. The van der Waals surface area contributed by atoms with Gasteiger partial charge in [-0.05, 0) is 58.1 Å². The fourth-order valence-electron chi connectivity index (χ4n) is 1.74. The molecule has 0 aromatic carbocycles. The monoisotopic (exact) mass is 535 g/mol. The molecule has 0 radical (unpaired) electrons. The van der Waals surface area contributed by atoms with Crippen molar-refractivity contribution < 1.29 is 28.2 Å². The van der Waals surface area contributed by atoms with Gasteiger partial charge in [0.1, 0.15) is 6.61 Å². The number of esters is 2. The van der Waals surface area contributed by atoms with E-state index in [-0.39, 0.29) is 10.0 Å². The maximum absolute atomic E-state index is 12.6. The number of rotatable bonds is 6. The molecule has 2 aromatic rings. The minimum Gasteiger partial charge on any atom is -0.476 e. The first-order valence-corrected chi connectivity index (χ1v) is 9.69. The Labute approximate surface area is 184 Å². The van der Waals surface area contributed by atoms with Gasteiger partial charge in [0.15, 0.2) is 0 Å². The highest BCUT2D eigenvalue weighted by Crippen LogP contribution is 2.23. The number of ether oxygens (including phenoxy) is 3. The Hall–Kier alpha value is -2.11. The van der Waals surface area contributed by atoms with E-state index in [2.05, 4.69) is 51.3 Å². The van der Waals surface area contributed by atoms with Gasteiger partial charge >= 0.3 is 11.9 Å². The van der Waals surface area contributed by atoms with Crippen LogP contribution in [0.5, 0.6) is 5.88 Å². The van der Waals surface area contributed by atoms with Crippen LogP contribution in [0.4, 0.5) is 4.39 Å². The van der Waals surface area contributed by atoms with Crippen molar-refractivity contribution >= 4 is 43.8 Å². The average Bonchev–Trinajstić information content (AvgIpc) is 2.70. The second kappa shape index (κ2) is 12.5. The lowest BCUT2D eigenvalue weighted by Gasteiger charge is -2.11. The lowest BCUT2D eigenvalue weighted by atomic mass is 10.3. The summed E-state index contributed by atoms with van der Waals surface area (Å²) in [7, 11) is 6.51. The number of hydrogen-bond acceptors (Lipinski definition) is 8. The van der Waals surface area contributed by atoms with Gasteiger partial charge in [-0.25, -0.2) is 19.6 Å². The first-order chi connectivity index (χ1) is 13.7. The van der Waals surface area contributed by atoms with Gasteiger partial charge in [-0.1, -0.05) is 0 Å². The smallest absolute Gasteiger partial charge is 0.339 e. The van der Waals surface area contributed by atoms with Crippen molar-refractivity contribution in [2.45, 2.75) is 0 Å².